The van der Waals surface area contributed by atoms with E-state index in [-0.39, 0.29) is 11.3 Å². The van der Waals surface area contributed by atoms with Gasteiger partial charge in [0.1, 0.15) is 0 Å². The number of nitrogens with zero attached hydrogens (tertiary/aromatic N) is 1. The fourth-order valence-electron chi connectivity index (χ4n) is 2.31. The molecule has 1 aliphatic carbocycles. The Labute approximate surface area is 103 Å². The van der Waals surface area contributed by atoms with Crippen LogP contribution < -0.4 is 5.43 Å². The molecule has 0 saturated heterocycles. The van der Waals surface area contributed by atoms with Crippen LogP contribution in [0.4, 0.5) is 0 Å². The average Bonchev–Trinajstić information content (AvgIpc) is 3.01. The number of rotatable bonds is 3. The summed E-state index contributed by atoms with van der Waals surface area (Å²) in [6, 6.07) is 6.35. The van der Waals surface area contributed by atoms with Crippen LogP contribution in [0.3, 0.4) is 0 Å². The molecule has 17 heavy (non-hydrogen) atoms. The van der Waals surface area contributed by atoms with Crippen LogP contribution in [-0.4, -0.2) is 25.0 Å². The van der Waals surface area contributed by atoms with Crippen molar-refractivity contribution in [3.05, 3.63) is 34.9 Å². The van der Waals surface area contributed by atoms with Gasteiger partial charge in [-0.25, -0.2) is 5.01 Å². The number of nitrogens with one attached hydrogen (secondary N) is 1. The van der Waals surface area contributed by atoms with E-state index in [4.69, 9.17) is 0 Å². The first-order valence-corrected chi connectivity index (χ1v) is 6.02. The third-order valence-electron chi connectivity index (χ3n) is 3.42. The molecule has 1 fully saturated rings. The van der Waals surface area contributed by atoms with E-state index in [1.165, 1.54) is 16.7 Å². The Hall–Kier alpha value is -1.35. The molecule has 0 atom stereocenters. The monoisotopic (exact) mass is 232 g/mol. The minimum atomic E-state index is -0.277. The lowest BCUT2D eigenvalue weighted by molar-refractivity contribution is -0.127. The van der Waals surface area contributed by atoms with Gasteiger partial charge in [-0.3, -0.25) is 10.2 Å². The van der Waals surface area contributed by atoms with Crippen LogP contribution in [-0.2, 0) is 10.2 Å². The standard InChI is InChI=1S/C14H20N2O/c1-10-5-6-11(2)12(9-10)14(7-8-14)13(17)15-16(3)4/h5-6,9H,7-8H2,1-4H3,(H,15,17). The molecule has 1 N–H and O–H groups in total. The van der Waals surface area contributed by atoms with Crippen molar-refractivity contribution in [1.82, 2.24) is 10.4 Å². The van der Waals surface area contributed by atoms with E-state index in [9.17, 15) is 4.79 Å². The highest BCUT2D eigenvalue weighted by molar-refractivity contribution is 5.91. The Morgan fingerprint density at radius 3 is 2.47 bits per heavy atom. The Bertz CT molecular complexity index is 448. The predicted octanol–water partition coefficient (Wildman–Crippen LogP) is 1.93. The summed E-state index contributed by atoms with van der Waals surface area (Å²) >= 11 is 0. The maximum absolute atomic E-state index is 12.2. The summed E-state index contributed by atoms with van der Waals surface area (Å²) < 4.78 is 0. The summed E-state index contributed by atoms with van der Waals surface area (Å²) in [6.07, 6.45) is 1.91. The van der Waals surface area contributed by atoms with Gasteiger partial charge in [0.25, 0.3) is 0 Å². The predicted molar refractivity (Wildman–Crippen MR) is 68.7 cm³/mol. The van der Waals surface area contributed by atoms with Gasteiger partial charge < -0.3 is 0 Å². The van der Waals surface area contributed by atoms with E-state index in [1.54, 1.807) is 5.01 Å². The maximum atomic E-state index is 12.2. The van der Waals surface area contributed by atoms with Crippen molar-refractivity contribution >= 4 is 5.91 Å². The van der Waals surface area contributed by atoms with E-state index in [0.29, 0.717) is 0 Å². The summed E-state index contributed by atoms with van der Waals surface area (Å²) in [5.74, 6) is 0.121. The zero-order chi connectivity index (χ0) is 12.6. The van der Waals surface area contributed by atoms with Gasteiger partial charge in [0.05, 0.1) is 5.41 Å². The molecule has 1 saturated carbocycles. The number of hydrogen-bond donors (Lipinski definition) is 1. The Kier molecular flexibility index (Phi) is 2.96. The molecule has 3 heteroatoms. The van der Waals surface area contributed by atoms with Gasteiger partial charge >= 0.3 is 0 Å². The van der Waals surface area contributed by atoms with Gasteiger partial charge in [-0.15, -0.1) is 0 Å². The van der Waals surface area contributed by atoms with Crippen molar-refractivity contribution < 1.29 is 4.79 Å². The van der Waals surface area contributed by atoms with Crippen molar-refractivity contribution in [3.63, 3.8) is 0 Å². The highest BCUT2D eigenvalue weighted by Gasteiger charge is 2.52. The van der Waals surface area contributed by atoms with Crippen LogP contribution >= 0.6 is 0 Å². The number of amides is 1. The number of aryl methyl sites for hydroxylation is 2. The van der Waals surface area contributed by atoms with Crippen LogP contribution in [0.1, 0.15) is 29.5 Å². The first kappa shape index (κ1) is 12.1. The molecule has 0 aliphatic heterocycles. The molecule has 0 bridgehead atoms. The molecular weight excluding hydrogens is 212 g/mol. The second kappa shape index (κ2) is 4.15. The molecular formula is C14H20N2O. The smallest absolute Gasteiger partial charge is 0.244 e. The second-order valence-electron chi connectivity index (χ2n) is 5.24. The van der Waals surface area contributed by atoms with Crippen LogP contribution in [0.5, 0.6) is 0 Å². The second-order valence-corrected chi connectivity index (χ2v) is 5.24. The summed E-state index contributed by atoms with van der Waals surface area (Å²) in [7, 11) is 3.69. The number of carbonyl (C=O) groups excluding carboxylic acids is 1. The third-order valence-corrected chi connectivity index (χ3v) is 3.42. The van der Waals surface area contributed by atoms with Crippen LogP contribution in [0.2, 0.25) is 0 Å². The summed E-state index contributed by atoms with van der Waals surface area (Å²) in [5.41, 5.74) is 6.23. The highest BCUT2D eigenvalue weighted by Crippen LogP contribution is 2.49. The zero-order valence-corrected chi connectivity index (χ0v) is 11.0. The van der Waals surface area contributed by atoms with E-state index in [1.807, 2.05) is 14.1 Å². The topological polar surface area (TPSA) is 32.3 Å². The van der Waals surface area contributed by atoms with E-state index in [2.05, 4.69) is 37.5 Å². The van der Waals surface area contributed by atoms with Crippen LogP contribution in [0.15, 0.2) is 18.2 Å². The minimum absolute atomic E-state index is 0.121. The van der Waals surface area contributed by atoms with Crippen molar-refractivity contribution in [2.75, 3.05) is 14.1 Å². The lowest BCUT2D eigenvalue weighted by Gasteiger charge is -2.21. The lowest BCUT2D eigenvalue weighted by atomic mass is 9.90. The minimum Gasteiger partial charge on any atom is -0.289 e. The van der Waals surface area contributed by atoms with E-state index < -0.39 is 0 Å². The number of benzene rings is 1. The molecule has 1 aromatic carbocycles. The van der Waals surface area contributed by atoms with Crippen molar-refractivity contribution in [3.8, 4) is 0 Å². The molecule has 1 amide bonds. The van der Waals surface area contributed by atoms with Crippen LogP contribution in [0, 0.1) is 13.8 Å². The lowest BCUT2D eigenvalue weighted by Crippen LogP contribution is -2.43. The van der Waals surface area contributed by atoms with E-state index in [0.717, 1.165) is 12.8 Å². The van der Waals surface area contributed by atoms with Gasteiger partial charge in [0.15, 0.2) is 0 Å². The molecule has 1 aromatic rings. The van der Waals surface area contributed by atoms with Crippen LogP contribution in [0.25, 0.3) is 0 Å². The fourth-order valence-corrected chi connectivity index (χ4v) is 2.31. The maximum Gasteiger partial charge on any atom is 0.244 e. The van der Waals surface area contributed by atoms with E-state index >= 15 is 0 Å². The quantitative estimate of drug-likeness (QED) is 0.808. The van der Waals surface area contributed by atoms with Gasteiger partial charge in [-0.1, -0.05) is 23.8 Å². The SMILES string of the molecule is Cc1ccc(C)c(C2(C(=O)NN(C)C)CC2)c1. The molecule has 0 spiro atoms. The largest absolute Gasteiger partial charge is 0.289 e. The average molecular weight is 232 g/mol. The summed E-state index contributed by atoms with van der Waals surface area (Å²) in [5, 5.41) is 1.72. The molecule has 3 nitrogen and oxygen atoms in total. The molecule has 1 aliphatic rings. The fraction of sp³-hybridized carbons (Fsp3) is 0.500. The zero-order valence-electron chi connectivity index (χ0n) is 11.0. The summed E-state index contributed by atoms with van der Waals surface area (Å²) in [4.78, 5) is 12.2. The number of carbonyl (C=O) groups is 1. The Morgan fingerprint density at radius 1 is 1.29 bits per heavy atom. The Balaban J connectivity index is 2.32. The first-order chi connectivity index (χ1) is 7.95. The Morgan fingerprint density at radius 2 is 1.94 bits per heavy atom. The molecule has 0 unspecified atom stereocenters. The number of hydrogen-bond acceptors (Lipinski definition) is 2. The van der Waals surface area contributed by atoms with Gasteiger partial charge in [-0.05, 0) is 37.8 Å². The normalized spacial score (nSPS) is 17.0. The molecule has 0 aromatic heterocycles. The van der Waals surface area contributed by atoms with Crippen molar-refractivity contribution in [2.24, 2.45) is 0 Å². The van der Waals surface area contributed by atoms with Gasteiger partial charge in [-0.2, -0.15) is 0 Å². The highest BCUT2D eigenvalue weighted by atomic mass is 16.2. The first-order valence-electron chi connectivity index (χ1n) is 6.02. The summed E-state index contributed by atoms with van der Waals surface area (Å²) in [6.45, 7) is 4.15. The molecule has 92 valence electrons. The van der Waals surface area contributed by atoms with Crippen molar-refractivity contribution in [2.45, 2.75) is 32.1 Å². The third kappa shape index (κ3) is 2.20. The van der Waals surface area contributed by atoms with Gasteiger partial charge in [0.2, 0.25) is 5.91 Å². The van der Waals surface area contributed by atoms with Crippen molar-refractivity contribution in [1.29, 1.82) is 0 Å². The van der Waals surface area contributed by atoms with Gasteiger partial charge in [0, 0.05) is 14.1 Å². The molecule has 2 rings (SSSR count). The molecule has 0 heterocycles. The number of hydrazine groups is 1. The molecule has 0 radical (unpaired) electrons.